The molecular formula is C25H20ClF6N7O3. The lowest BCUT2D eigenvalue weighted by molar-refractivity contribution is -0.207. The first-order valence-electron chi connectivity index (χ1n) is 12.3. The quantitative estimate of drug-likeness (QED) is 0.291. The average Bonchev–Trinajstić information content (AvgIpc) is 3.53. The van der Waals surface area contributed by atoms with Crippen LogP contribution in [-0.4, -0.2) is 58.4 Å². The van der Waals surface area contributed by atoms with Gasteiger partial charge in [-0.25, -0.2) is 19.1 Å². The van der Waals surface area contributed by atoms with Crippen LogP contribution in [0.3, 0.4) is 0 Å². The minimum absolute atomic E-state index is 0.140. The summed E-state index contributed by atoms with van der Waals surface area (Å²) in [5.74, 6) is -1.20. The van der Waals surface area contributed by atoms with Crippen molar-refractivity contribution in [2.75, 3.05) is 0 Å². The minimum Gasteiger partial charge on any atom is -0.382 e. The fourth-order valence-electron chi connectivity index (χ4n) is 4.10. The SMILES string of the molecule is O=C(NC1CC1)c1cccc(C(F)(F)F)c1-n1cnc(Cn2nc(-c3ccc(Cl)cc3)n(C[C@H](O)C(F)(F)F)c2=O)n1. The van der Waals surface area contributed by atoms with Gasteiger partial charge in [0.25, 0.3) is 5.91 Å². The van der Waals surface area contributed by atoms with Crippen LogP contribution in [0.5, 0.6) is 0 Å². The molecule has 42 heavy (non-hydrogen) atoms. The second kappa shape index (κ2) is 10.9. The van der Waals surface area contributed by atoms with Crippen molar-refractivity contribution in [3.63, 3.8) is 0 Å². The number of aliphatic hydroxyl groups is 1. The summed E-state index contributed by atoms with van der Waals surface area (Å²) in [7, 11) is 0. The zero-order valence-electron chi connectivity index (χ0n) is 21.2. The van der Waals surface area contributed by atoms with Crippen LogP contribution in [0.4, 0.5) is 26.3 Å². The highest BCUT2D eigenvalue weighted by Gasteiger charge is 2.40. The smallest absolute Gasteiger partial charge is 0.382 e. The summed E-state index contributed by atoms with van der Waals surface area (Å²) >= 11 is 5.88. The van der Waals surface area contributed by atoms with Gasteiger partial charge >= 0.3 is 18.0 Å². The number of hydrogen-bond acceptors (Lipinski definition) is 6. The van der Waals surface area contributed by atoms with Crippen LogP contribution in [0.1, 0.15) is 34.6 Å². The van der Waals surface area contributed by atoms with Gasteiger partial charge in [-0.05, 0) is 49.2 Å². The summed E-state index contributed by atoms with van der Waals surface area (Å²) < 4.78 is 83.2. The molecule has 1 aliphatic rings. The average molecular weight is 616 g/mol. The summed E-state index contributed by atoms with van der Waals surface area (Å²) in [5.41, 5.74) is -2.92. The van der Waals surface area contributed by atoms with Gasteiger partial charge in [-0.2, -0.15) is 26.3 Å². The van der Waals surface area contributed by atoms with E-state index in [0.717, 1.165) is 23.1 Å². The molecule has 2 aromatic carbocycles. The normalized spacial score (nSPS) is 14.7. The molecule has 1 atom stereocenters. The molecule has 0 unspecified atom stereocenters. The summed E-state index contributed by atoms with van der Waals surface area (Å²) in [6.07, 6.45) is -10.5. The molecule has 4 aromatic rings. The Morgan fingerprint density at radius 3 is 2.38 bits per heavy atom. The molecule has 2 heterocycles. The molecule has 5 rings (SSSR count). The van der Waals surface area contributed by atoms with Gasteiger partial charge in [0, 0.05) is 16.6 Å². The van der Waals surface area contributed by atoms with Gasteiger partial charge in [-0.15, -0.1) is 10.2 Å². The monoisotopic (exact) mass is 615 g/mol. The highest BCUT2D eigenvalue weighted by molar-refractivity contribution is 6.30. The predicted octanol–water partition coefficient (Wildman–Crippen LogP) is 3.83. The van der Waals surface area contributed by atoms with E-state index in [1.54, 1.807) is 0 Å². The molecule has 2 aromatic heterocycles. The van der Waals surface area contributed by atoms with Crippen molar-refractivity contribution in [2.24, 2.45) is 0 Å². The Hall–Kier alpha value is -4.18. The van der Waals surface area contributed by atoms with E-state index >= 15 is 0 Å². The number of hydrogen-bond donors (Lipinski definition) is 2. The Balaban J connectivity index is 1.53. The topological polar surface area (TPSA) is 120 Å². The lowest BCUT2D eigenvalue weighted by Crippen LogP contribution is -2.37. The summed E-state index contributed by atoms with van der Waals surface area (Å²) in [6, 6.07) is 8.58. The van der Waals surface area contributed by atoms with E-state index in [4.69, 9.17) is 11.6 Å². The van der Waals surface area contributed by atoms with E-state index in [1.807, 2.05) is 0 Å². The largest absolute Gasteiger partial charge is 0.418 e. The van der Waals surface area contributed by atoms with E-state index in [0.29, 0.717) is 27.1 Å². The van der Waals surface area contributed by atoms with E-state index in [2.05, 4.69) is 20.5 Å². The molecule has 0 saturated heterocycles. The Morgan fingerprint density at radius 2 is 1.76 bits per heavy atom. The first-order valence-corrected chi connectivity index (χ1v) is 12.7. The Bertz CT molecular complexity index is 1670. The zero-order chi connectivity index (χ0) is 30.4. The van der Waals surface area contributed by atoms with Crippen molar-refractivity contribution < 1.29 is 36.2 Å². The van der Waals surface area contributed by atoms with Crippen LogP contribution in [0.2, 0.25) is 5.02 Å². The first kappa shape index (κ1) is 29.3. The molecule has 10 nitrogen and oxygen atoms in total. The molecule has 0 aliphatic heterocycles. The third kappa shape index (κ3) is 6.18. The van der Waals surface area contributed by atoms with Crippen molar-refractivity contribution in [1.29, 1.82) is 0 Å². The summed E-state index contributed by atoms with van der Waals surface area (Å²) in [4.78, 5) is 29.8. The fraction of sp³-hybridized carbons (Fsp3) is 0.320. The molecular weight excluding hydrogens is 596 g/mol. The second-order valence-corrected chi connectivity index (χ2v) is 9.93. The molecule has 0 radical (unpaired) electrons. The van der Waals surface area contributed by atoms with E-state index in [9.17, 15) is 41.0 Å². The number of rotatable bonds is 8. The van der Waals surface area contributed by atoms with Crippen LogP contribution in [0.25, 0.3) is 17.1 Å². The molecule has 222 valence electrons. The van der Waals surface area contributed by atoms with Crippen molar-refractivity contribution in [1.82, 2.24) is 34.4 Å². The number of alkyl halides is 6. The van der Waals surface area contributed by atoms with Crippen molar-refractivity contribution >= 4 is 17.5 Å². The zero-order valence-corrected chi connectivity index (χ0v) is 22.0. The van der Waals surface area contributed by atoms with Crippen molar-refractivity contribution in [3.05, 3.63) is 81.3 Å². The maximum atomic E-state index is 13.9. The number of carbonyl (C=O) groups is 1. The van der Waals surface area contributed by atoms with Gasteiger partial charge in [-0.1, -0.05) is 17.7 Å². The third-order valence-electron chi connectivity index (χ3n) is 6.32. The maximum Gasteiger partial charge on any atom is 0.418 e. The number of halogens is 7. The number of nitrogens with zero attached hydrogens (tertiary/aromatic N) is 6. The van der Waals surface area contributed by atoms with Crippen LogP contribution >= 0.6 is 11.6 Å². The molecule has 17 heteroatoms. The highest BCUT2D eigenvalue weighted by Crippen LogP contribution is 2.35. The molecule has 1 fully saturated rings. The van der Waals surface area contributed by atoms with Gasteiger partial charge < -0.3 is 10.4 Å². The molecule has 2 N–H and O–H groups in total. The first-order chi connectivity index (χ1) is 19.7. The van der Waals surface area contributed by atoms with Crippen LogP contribution in [0.15, 0.2) is 53.6 Å². The molecule has 1 aliphatic carbocycles. The minimum atomic E-state index is -5.03. The molecule has 0 spiro atoms. The van der Waals surface area contributed by atoms with E-state index < -0.39 is 54.4 Å². The summed E-state index contributed by atoms with van der Waals surface area (Å²) in [6.45, 7) is -1.74. The molecule has 1 saturated carbocycles. The van der Waals surface area contributed by atoms with E-state index in [-0.39, 0.29) is 28.8 Å². The standard InChI is InChI=1S/C25H20ClF6N7O3/c26-14-6-4-13(5-7-14)21-36-38(23(42)37(21)10-18(40)25(30,31)32)11-19-33-12-39(35-19)20-16(22(41)34-15-8-9-15)2-1-3-17(20)24(27,28)29/h1-7,12,15,18,40H,8-11H2,(H,34,41)/t18-/m0/s1. The summed E-state index contributed by atoms with van der Waals surface area (Å²) in [5, 5.41) is 20.7. The van der Waals surface area contributed by atoms with E-state index in [1.165, 1.54) is 30.3 Å². The number of aliphatic hydroxyl groups excluding tert-OH is 1. The Labute approximate surface area is 237 Å². The lowest BCUT2D eigenvalue weighted by Gasteiger charge is -2.16. The lowest BCUT2D eigenvalue weighted by atomic mass is 10.1. The van der Waals surface area contributed by atoms with Gasteiger partial charge in [0.2, 0.25) is 0 Å². The number of nitrogens with one attached hydrogen (secondary N) is 1. The number of amides is 1. The number of aromatic nitrogens is 6. The third-order valence-corrected chi connectivity index (χ3v) is 6.57. The second-order valence-electron chi connectivity index (χ2n) is 9.49. The van der Waals surface area contributed by atoms with Crippen LogP contribution in [0, 0.1) is 0 Å². The predicted molar refractivity (Wildman–Crippen MR) is 135 cm³/mol. The van der Waals surface area contributed by atoms with Gasteiger partial charge in [0.1, 0.15) is 12.9 Å². The number of carbonyl (C=O) groups excluding carboxylic acids is 1. The maximum absolute atomic E-state index is 13.9. The van der Waals surface area contributed by atoms with Crippen LogP contribution in [-0.2, 0) is 19.3 Å². The van der Waals surface area contributed by atoms with Gasteiger partial charge in [0.05, 0.1) is 23.4 Å². The van der Waals surface area contributed by atoms with Gasteiger partial charge in [-0.3, -0.25) is 9.36 Å². The van der Waals surface area contributed by atoms with Crippen LogP contribution < -0.4 is 11.0 Å². The highest BCUT2D eigenvalue weighted by atomic mass is 35.5. The Morgan fingerprint density at radius 1 is 1.07 bits per heavy atom. The molecule has 0 bridgehead atoms. The fourth-order valence-corrected chi connectivity index (χ4v) is 4.23. The number of benzene rings is 2. The van der Waals surface area contributed by atoms with Crippen molar-refractivity contribution in [2.45, 2.75) is 50.4 Å². The number of para-hydroxylation sites is 1. The Kier molecular flexibility index (Phi) is 7.61. The van der Waals surface area contributed by atoms with Gasteiger partial charge in [0.15, 0.2) is 17.8 Å². The van der Waals surface area contributed by atoms with Crippen molar-refractivity contribution in [3.8, 4) is 17.1 Å². The molecule has 1 amide bonds.